The second-order valence-electron chi connectivity index (χ2n) is 4.21. The number of aliphatic hydroxyl groups excluding tert-OH is 1. The van der Waals surface area contributed by atoms with Gasteiger partial charge in [0.1, 0.15) is 5.75 Å². The average molecular weight is 247 g/mol. The Balaban J connectivity index is 2.49. The van der Waals surface area contributed by atoms with Crippen molar-refractivity contribution in [2.24, 2.45) is 0 Å². The minimum Gasteiger partial charge on any atom is -0.497 e. The number of hydrogen-bond donors (Lipinski definition) is 2. The maximum absolute atomic E-state index is 10.0. The molecule has 0 radical (unpaired) electrons. The fourth-order valence-corrected chi connectivity index (χ4v) is 1.73. The lowest BCUT2D eigenvalue weighted by molar-refractivity contribution is 0.172. The molecule has 0 aliphatic carbocycles. The van der Waals surface area contributed by atoms with Crippen molar-refractivity contribution >= 4 is 0 Å². The zero-order valence-electron chi connectivity index (χ0n) is 11.0. The van der Waals surface area contributed by atoms with E-state index in [9.17, 15) is 5.11 Å². The van der Waals surface area contributed by atoms with Crippen molar-refractivity contribution < 1.29 is 9.84 Å². The first-order chi connectivity index (χ1) is 8.71. The summed E-state index contributed by atoms with van der Waals surface area (Å²) in [5.41, 5.74) is 0.857. The van der Waals surface area contributed by atoms with Gasteiger partial charge in [0, 0.05) is 6.54 Å². The van der Waals surface area contributed by atoms with Crippen molar-refractivity contribution in [1.82, 2.24) is 5.32 Å². The Morgan fingerprint density at radius 2 is 2.06 bits per heavy atom. The highest BCUT2D eigenvalue weighted by Crippen LogP contribution is 2.17. The molecule has 2 N–H and O–H groups in total. The molecular weight excluding hydrogens is 226 g/mol. The van der Waals surface area contributed by atoms with Crippen LogP contribution in [0.5, 0.6) is 5.75 Å². The molecule has 1 aromatic rings. The van der Waals surface area contributed by atoms with E-state index in [1.165, 1.54) is 0 Å². The second kappa shape index (κ2) is 7.75. The molecular formula is C15H21NO2. The van der Waals surface area contributed by atoms with Crippen LogP contribution in [0.3, 0.4) is 0 Å². The van der Waals surface area contributed by atoms with Crippen LogP contribution < -0.4 is 10.1 Å². The highest BCUT2D eigenvalue weighted by Gasteiger charge is 2.10. The highest BCUT2D eigenvalue weighted by molar-refractivity contribution is 5.28. The summed E-state index contributed by atoms with van der Waals surface area (Å²) in [7, 11) is 1.62. The van der Waals surface area contributed by atoms with Crippen LogP contribution in [0, 0.1) is 12.3 Å². The Labute approximate surface area is 109 Å². The molecule has 0 fully saturated rings. The monoisotopic (exact) mass is 247 g/mol. The predicted octanol–water partition coefficient (Wildman–Crippen LogP) is 2.12. The third kappa shape index (κ3) is 4.40. The van der Waals surface area contributed by atoms with Gasteiger partial charge in [0.05, 0.1) is 19.3 Å². The molecule has 2 unspecified atom stereocenters. The molecule has 98 valence electrons. The summed E-state index contributed by atoms with van der Waals surface area (Å²) in [5, 5.41) is 13.2. The number of aliphatic hydroxyl groups is 1. The van der Waals surface area contributed by atoms with E-state index in [1.54, 1.807) is 7.11 Å². The molecule has 0 spiro atoms. The fraction of sp³-hybridized carbons (Fsp3) is 0.467. The second-order valence-corrected chi connectivity index (χ2v) is 4.21. The van der Waals surface area contributed by atoms with Crippen LogP contribution in [0.25, 0.3) is 0 Å². The van der Waals surface area contributed by atoms with Crippen LogP contribution in [-0.4, -0.2) is 24.8 Å². The zero-order valence-corrected chi connectivity index (χ0v) is 11.0. The van der Waals surface area contributed by atoms with Gasteiger partial charge in [-0.25, -0.2) is 0 Å². The fourth-order valence-electron chi connectivity index (χ4n) is 1.73. The molecule has 0 amide bonds. The summed E-state index contributed by atoms with van der Waals surface area (Å²) in [6, 6.07) is 7.42. The van der Waals surface area contributed by atoms with Gasteiger partial charge in [-0.3, -0.25) is 0 Å². The number of methoxy groups -OCH3 is 1. The van der Waals surface area contributed by atoms with Crippen LogP contribution in [0.2, 0.25) is 0 Å². The first-order valence-corrected chi connectivity index (χ1v) is 6.22. The Morgan fingerprint density at radius 1 is 1.39 bits per heavy atom. The van der Waals surface area contributed by atoms with Crippen molar-refractivity contribution in [3.8, 4) is 18.1 Å². The molecule has 0 aromatic heterocycles. The van der Waals surface area contributed by atoms with E-state index < -0.39 is 6.10 Å². The van der Waals surface area contributed by atoms with Gasteiger partial charge in [-0.1, -0.05) is 31.4 Å². The third-order valence-corrected chi connectivity index (χ3v) is 2.84. The molecule has 18 heavy (non-hydrogen) atoms. The summed E-state index contributed by atoms with van der Waals surface area (Å²) in [5.74, 6) is 3.47. The zero-order chi connectivity index (χ0) is 13.4. The highest BCUT2D eigenvalue weighted by atomic mass is 16.5. The Morgan fingerprint density at radius 3 is 2.56 bits per heavy atom. The topological polar surface area (TPSA) is 41.5 Å². The van der Waals surface area contributed by atoms with Gasteiger partial charge < -0.3 is 15.2 Å². The SMILES string of the molecule is C#CC(CCC)NCC(O)c1ccc(OC)cc1. The third-order valence-electron chi connectivity index (χ3n) is 2.84. The van der Waals surface area contributed by atoms with Crippen LogP contribution in [-0.2, 0) is 0 Å². The number of benzene rings is 1. The maximum atomic E-state index is 10.0. The van der Waals surface area contributed by atoms with E-state index in [2.05, 4.69) is 18.2 Å². The quantitative estimate of drug-likeness (QED) is 0.725. The average Bonchev–Trinajstić information content (AvgIpc) is 2.43. The maximum Gasteiger partial charge on any atom is 0.118 e. The molecule has 0 heterocycles. The molecule has 3 nitrogen and oxygen atoms in total. The lowest BCUT2D eigenvalue weighted by Crippen LogP contribution is -2.31. The van der Waals surface area contributed by atoms with Gasteiger partial charge in [0.25, 0.3) is 0 Å². The summed E-state index contributed by atoms with van der Waals surface area (Å²) >= 11 is 0. The number of rotatable bonds is 7. The van der Waals surface area contributed by atoms with E-state index in [0.717, 1.165) is 24.2 Å². The first-order valence-electron chi connectivity index (χ1n) is 6.22. The van der Waals surface area contributed by atoms with Crippen molar-refractivity contribution in [2.45, 2.75) is 31.9 Å². The lowest BCUT2D eigenvalue weighted by atomic mass is 10.1. The smallest absolute Gasteiger partial charge is 0.118 e. The van der Waals surface area contributed by atoms with Gasteiger partial charge in [-0.05, 0) is 24.1 Å². The number of hydrogen-bond acceptors (Lipinski definition) is 3. The van der Waals surface area contributed by atoms with Crippen molar-refractivity contribution in [1.29, 1.82) is 0 Å². The summed E-state index contributed by atoms with van der Waals surface area (Å²) in [4.78, 5) is 0. The van der Waals surface area contributed by atoms with Crippen molar-refractivity contribution in [2.75, 3.05) is 13.7 Å². The first kappa shape index (κ1) is 14.6. The van der Waals surface area contributed by atoms with E-state index in [4.69, 9.17) is 11.2 Å². The van der Waals surface area contributed by atoms with Gasteiger partial charge >= 0.3 is 0 Å². The standard InChI is InChI=1S/C15H21NO2/c1-4-6-13(5-2)16-11-15(17)12-7-9-14(18-3)10-8-12/h2,7-10,13,15-17H,4,6,11H2,1,3H3. The molecule has 1 rings (SSSR count). The van der Waals surface area contributed by atoms with Crippen LogP contribution in [0.15, 0.2) is 24.3 Å². The van der Waals surface area contributed by atoms with Crippen LogP contribution >= 0.6 is 0 Å². The van der Waals surface area contributed by atoms with Gasteiger partial charge in [0.2, 0.25) is 0 Å². The molecule has 0 saturated carbocycles. The Bertz CT molecular complexity index is 380. The summed E-state index contributed by atoms with van der Waals surface area (Å²) < 4.78 is 5.07. The van der Waals surface area contributed by atoms with E-state index in [0.29, 0.717) is 6.54 Å². The predicted molar refractivity (Wildman–Crippen MR) is 73.5 cm³/mol. The Hall–Kier alpha value is -1.50. The van der Waals surface area contributed by atoms with Gasteiger partial charge in [-0.15, -0.1) is 6.42 Å². The minimum atomic E-state index is -0.552. The number of nitrogens with one attached hydrogen (secondary N) is 1. The molecule has 1 aromatic carbocycles. The van der Waals surface area contributed by atoms with Crippen LogP contribution in [0.4, 0.5) is 0 Å². The molecule has 0 aliphatic heterocycles. The number of ether oxygens (including phenoxy) is 1. The Kier molecular flexibility index (Phi) is 6.27. The van der Waals surface area contributed by atoms with E-state index in [-0.39, 0.29) is 6.04 Å². The summed E-state index contributed by atoms with van der Waals surface area (Å²) in [6.45, 7) is 2.55. The van der Waals surface area contributed by atoms with Gasteiger partial charge in [0.15, 0.2) is 0 Å². The van der Waals surface area contributed by atoms with E-state index >= 15 is 0 Å². The van der Waals surface area contributed by atoms with Gasteiger partial charge in [-0.2, -0.15) is 0 Å². The number of terminal acetylenes is 1. The largest absolute Gasteiger partial charge is 0.497 e. The van der Waals surface area contributed by atoms with Crippen molar-refractivity contribution in [3.63, 3.8) is 0 Å². The molecule has 0 saturated heterocycles. The summed E-state index contributed by atoms with van der Waals surface area (Å²) in [6.07, 6.45) is 6.81. The van der Waals surface area contributed by atoms with Crippen molar-refractivity contribution in [3.05, 3.63) is 29.8 Å². The molecule has 2 atom stereocenters. The molecule has 3 heteroatoms. The van der Waals surface area contributed by atoms with Crippen LogP contribution in [0.1, 0.15) is 31.4 Å². The lowest BCUT2D eigenvalue weighted by Gasteiger charge is -2.16. The normalized spacial score (nSPS) is 13.7. The van der Waals surface area contributed by atoms with E-state index in [1.807, 2.05) is 24.3 Å². The minimum absolute atomic E-state index is 0.0305. The molecule has 0 aliphatic rings. The molecule has 0 bridgehead atoms.